The Balaban J connectivity index is 1.08. The summed E-state index contributed by atoms with van der Waals surface area (Å²) in [5, 5.41) is 10.5. The van der Waals surface area contributed by atoms with Gasteiger partial charge in [0.15, 0.2) is 5.82 Å². The van der Waals surface area contributed by atoms with Crippen LogP contribution in [-0.4, -0.2) is 19.1 Å². The van der Waals surface area contributed by atoms with E-state index in [1.54, 1.807) is 0 Å². The lowest BCUT2D eigenvalue weighted by Crippen LogP contribution is -1.97. The SMILES string of the molecule is c1ccc(-c2nc(-c3ccc(-n4c5ccccc5c5c4ccc4c6ccc7oc8ccccc8c7c6n(-c6ccc7ccccc7c6)c45)cc3)nc3ccccc23)cc1. The molecular weight excluding hydrogens is 721 g/mol. The van der Waals surface area contributed by atoms with Crippen LogP contribution in [0.1, 0.15) is 0 Å². The summed E-state index contributed by atoms with van der Waals surface area (Å²) in [7, 11) is 0. The van der Waals surface area contributed by atoms with Crippen molar-refractivity contribution in [3.8, 4) is 34.0 Å². The van der Waals surface area contributed by atoms with Gasteiger partial charge in [0.1, 0.15) is 11.2 Å². The second-order valence-corrected chi connectivity index (χ2v) is 15.3. The Hall–Kier alpha value is -8.02. The first-order valence-corrected chi connectivity index (χ1v) is 20.0. The molecule has 0 unspecified atom stereocenters. The average molecular weight is 753 g/mol. The maximum absolute atomic E-state index is 6.50. The van der Waals surface area contributed by atoms with Crippen LogP contribution >= 0.6 is 0 Å². The predicted octanol–water partition coefficient (Wildman–Crippen LogP) is 14.2. The zero-order valence-electron chi connectivity index (χ0n) is 31.7. The molecule has 0 N–H and O–H groups in total. The average Bonchev–Trinajstić information content (AvgIpc) is 3.96. The normalized spacial score (nSPS) is 12.1. The van der Waals surface area contributed by atoms with Gasteiger partial charge in [-0.05, 0) is 83.6 Å². The molecule has 0 amide bonds. The van der Waals surface area contributed by atoms with Crippen molar-refractivity contribution in [1.82, 2.24) is 19.1 Å². The molecule has 0 aliphatic heterocycles. The van der Waals surface area contributed by atoms with E-state index in [-0.39, 0.29) is 0 Å². The van der Waals surface area contributed by atoms with Crippen molar-refractivity contribution < 1.29 is 4.42 Å². The maximum Gasteiger partial charge on any atom is 0.160 e. The van der Waals surface area contributed by atoms with Crippen LogP contribution in [0.25, 0.3) is 121 Å². The molecule has 5 heteroatoms. The van der Waals surface area contributed by atoms with Gasteiger partial charge in [-0.1, -0.05) is 121 Å². The van der Waals surface area contributed by atoms with Gasteiger partial charge in [0.05, 0.1) is 38.7 Å². The number of rotatable bonds is 4. The molecule has 274 valence electrons. The number of benzene rings is 9. The van der Waals surface area contributed by atoms with Crippen LogP contribution in [0.4, 0.5) is 0 Å². The van der Waals surface area contributed by atoms with Crippen molar-refractivity contribution >= 4 is 87.2 Å². The van der Waals surface area contributed by atoms with E-state index in [2.05, 4.69) is 179 Å². The molecule has 5 nitrogen and oxygen atoms in total. The fourth-order valence-electron chi connectivity index (χ4n) is 9.49. The molecule has 0 aliphatic rings. The molecular formula is C54H32N4O. The smallest absolute Gasteiger partial charge is 0.160 e. The van der Waals surface area contributed by atoms with Crippen molar-refractivity contribution in [3.63, 3.8) is 0 Å². The highest BCUT2D eigenvalue weighted by Gasteiger charge is 2.24. The van der Waals surface area contributed by atoms with Crippen LogP contribution in [0.15, 0.2) is 199 Å². The molecule has 4 heterocycles. The number of hydrogen-bond acceptors (Lipinski definition) is 3. The highest BCUT2D eigenvalue weighted by Crippen LogP contribution is 2.46. The van der Waals surface area contributed by atoms with Gasteiger partial charge in [0.2, 0.25) is 0 Å². The van der Waals surface area contributed by atoms with Crippen LogP contribution in [-0.2, 0) is 0 Å². The van der Waals surface area contributed by atoms with E-state index in [1.807, 2.05) is 24.3 Å². The van der Waals surface area contributed by atoms with E-state index < -0.39 is 0 Å². The Morgan fingerprint density at radius 3 is 1.92 bits per heavy atom. The van der Waals surface area contributed by atoms with Crippen LogP contribution in [0.2, 0.25) is 0 Å². The Morgan fingerprint density at radius 1 is 0.373 bits per heavy atom. The van der Waals surface area contributed by atoms with Crippen LogP contribution in [0.5, 0.6) is 0 Å². The summed E-state index contributed by atoms with van der Waals surface area (Å²) in [5.41, 5.74) is 12.5. The number of hydrogen-bond donors (Lipinski definition) is 0. The number of nitrogens with zero attached hydrogens (tertiary/aromatic N) is 4. The fraction of sp³-hybridized carbons (Fsp3) is 0. The van der Waals surface area contributed by atoms with Gasteiger partial charge >= 0.3 is 0 Å². The second-order valence-electron chi connectivity index (χ2n) is 15.3. The topological polar surface area (TPSA) is 48.8 Å². The summed E-state index contributed by atoms with van der Waals surface area (Å²) in [4.78, 5) is 10.2. The minimum Gasteiger partial charge on any atom is -0.456 e. The van der Waals surface area contributed by atoms with Gasteiger partial charge < -0.3 is 13.6 Å². The summed E-state index contributed by atoms with van der Waals surface area (Å²) >= 11 is 0. The second kappa shape index (κ2) is 12.2. The summed E-state index contributed by atoms with van der Waals surface area (Å²) < 4.78 is 11.4. The third kappa shape index (κ3) is 4.67. The summed E-state index contributed by atoms with van der Waals surface area (Å²) in [6.07, 6.45) is 0. The van der Waals surface area contributed by atoms with Crippen LogP contribution in [0.3, 0.4) is 0 Å². The predicted molar refractivity (Wildman–Crippen MR) is 244 cm³/mol. The zero-order chi connectivity index (χ0) is 38.6. The molecule has 0 saturated carbocycles. The third-order valence-electron chi connectivity index (χ3n) is 12.1. The molecule has 59 heavy (non-hydrogen) atoms. The van der Waals surface area contributed by atoms with E-state index in [0.29, 0.717) is 5.82 Å². The van der Waals surface area contributed by atoms with E-state index in [0.717, 1.165) is 77.6 Å². The molecule has 9 aromatic carbocycles. The van der Waals surface area contributed by atoms with Crippen molar-refractivity contribution in [3.05, 3.63) is 194 Å². The summed E-state index contributed by atoms with van der Waals surface area (Å²) in [5.74, 6) is 0.705. The Labute approximate surface area is 337 Å². The molecule has 0 radical (unpaired) electrons. The van der Waals surface area contributed by atoms with Gasteiger partial charge in [0.25, 0.3) is 0 Å². The lowest BCUT2D eigenvalue weighted by Gasteiger charge is -2.12. The largest absolute Gasteiger partial charge is 0.456 e. The molecule has 0 aliphatic carbocycles. The number of aromatic nitrogens is 4. The van der Waals surface area contributed by atoms with Gasteiger partial charge in [-0.25, -0.2) is 9.97 Å². The molecule has 4 aromatic heterocycles. The summed E-state index contributed by atoms with van der Waals surface area (Å²) in [6.45, 7) is 0. The first kappa shape index (κ1) is 32.1. The van der Waals surface area contributed by atoms with E-state index >= 15 is 0 Å². The standard InChI is InChI=1S/C54H32N4O/c1-2-13-34(14-3-1)51-41-16-6-9-19-44(41)55-54(56-51)35-23-25-37(26-24-35)57-45-20-10-7-17-42(45)49-46(57)30-28-39-40-29-31-48-50(43-18-8-11-21-47(43)59-48)53(40)58(52(39)49)38-27-22-33-12-4-5-15-36(33)32-38/h1-32H. The third-order valence-corrected chi connectivity index (χ3v) is 12.1. The van der Waals surface area contributed by atoms with E-state index in [1.165, 1.54) is 37.8 Å². The molecule has 0 fully saturated rings. The monoisotopic (exact) mass is 752 g/mol. The Kier molecular flexibility index (Phi) is 6.66. The van der Waals surface area contributed by atoms with Crippen molar-refractivity contribution in [2.45, 2.75) is 0 Å². The van der Waals surface area contributed by atoms with E-state index in [4.69, 9.17) is 14.4 Å². The van der Waals surface area contributed by atoms with Crippen LogP contribution < -0.4 is 0 Å². The van der Waals surface area contributed by atoms with Crippen molar-refractivity contribution in [2.75, 3.05) is 0 Å². The molecule has 0 spiro atoms. The minimum absolute atomic E-state index is 0.705. The molecule has 0 bridgehead atoms. The van der Waals surface area contributed by atoms with Gasteiger partial charge in [-0.15, -0.1) is 0 Å². The van der Waals surface area contributed by atoms with Gasteiger partial charge in [0, 0.05) is 54.8 Å². The molecule has 0 saturated heterocycles. The minimum atomic E-state index is 0.705. The first-order chi connectivity index (χ1) is 29.3. The molecule has 0 atom stereocenters. The summed E-state index contributed by atoms with van der Waals surface area (Å²) in [6, 6.07) is 68.9. The first-order valence-electron chi connectivity index (χ1n) is 20.0. The fourth-order valence-corrected chi connectivity index (χ4v) is 9.49. The van der Waals surface area contributed by atoms with Crippen molar-refractivity contribution in [1.29, 1.82) is 0 Å². The maximum atomic E-state index is 6.50. The molecule has 13 aromatic rings. The van der Waals surface area contributed by atoms with Gasteiger partial charge in [-0.3, -0.25) is 0 Å². The Bertz CT molecular complexity index is 3830. The lowest BCUT2D eigenvalue weighted by atomic mass is 10.1. The van der Waals surface area contributed by atoms with Crippen molar-refractivity contribution in [2.24, 2.45) is 0 Å². The highest BCUT2D eigenvalue weighted by molar-refractivity contribution is 6.31. The quantitative estimate of drug-likeness (QED) is 0.180. The lowest BCUT2D eigenvalue weighted by molar-refractivity contribution is 0.669. The highest BCUT2D eigenvalue weighted by atomic mass is 16.3. The number of furan rings is 1. The van der Waals surface area contributed by atoms with E-state index in [9.17, 15) is 0 Å². The number of para-hydroxylation sites is 3. The molecule has 13 rings (SSSR count). The number of fused-ring (bicyclic) bond motifs is 13. The van der Waals surface area contributed by atoms with Gasteiger partial charge in [-0.2, -0.15) is 0 Å². The van der Waals surface area contributed by atoms with Crippen LogP contribution in [0, 0.1) is 0 Å². The zero-order valence-corrected chi connectivity index (χ0v) is 31.7. The Morgan fingerprint density at radius 2 is 1.05 bits per heavy atom.